The summed E-state index contributed by atoms with van der Waals surface area (Å²) in [6.45, 7) is 3.98. The van der Waals surface area contributed by atoms with Crippen LogP contribution in [-0.2, 0) is 21.2 Å². The number of amides is 1. The lowest BCUT2D eigenvalue weighted by Crippen LogP contribution is -2.47. The fourth-order valence-corrected chi connectivity index (χ4v) is 7.49. The molecule has 10 heteroatoms. The summed E-state index contributed by atoms with van der Waals surface area (Å²) >= 11 is 13.9. The summed E-state index contributed by atoms with van der Waals surface area (Å²) in [6.07, 6.45) is 0.674. The molecular formula is C25H25Cl2FN2O3S2. The van der Waals surface area contributed by atoms with Crippen LogP contribution in [-0.4, -0.2) is 43.2 Å². The fraction of sp³-hybridized carbons (Fsp3) is 0.320. The molecule has 4 rings (SSSR count). The van der Waals surface area contributed by atoms with Crippen molar-refractivity contribution in [3.05, 3.63) is 85.8 Å². The van der Waals surface area contributed by atoms with Crippen molar-refractivity contribution >= 4 is 50.5 Å². The first-order chi connectivity index (χ1) is 16.6. The van der Waals surface area contributed by atoms with E-state index in [0.29, 0.717) is 13.0 Å². The Bertz CT molecular complexity index is 1330. The molecule has 2 aromatic carbocycles. The number of nitrogens with zero attached hydrogens (tertiary/aromatic N) is 2. The number of benzene rings is 2. The average Bonchev–Trinajstić information content (AvgIpc) is 3.28. The fourth-order valence-electron chi connectivity index (χ4n) is 4.30. The zero-order chi connectivity index (χ0) is 25.3. The number of hydrogen-bond donors (Lipinski definition) is 0. The summed E-state index contributed by atoms with van der Waals surface area (Å²) in [5.41, 5.74) is 1.76. The molecule has 1 aliphatic heterocycles. The maximum Gasteiger partial charge on any atom is 0.245 e. The summed E-state index contributed by atoms with van der Waals surface area (Å²) in [5, 5.41) is 2.26. The first-order valence-electron chi connectivity index (χ1n) is 11.1. The number of thiophene rings is 1. The molecular weight excluding hydrogens is 530 g/mol. The van der Waals surface area contributed by atoms with E-state index < -0.39 is 16.1 Å². The Morgan fingerprint density at radius 2 is 1.89 bits per heavy atom. The van der Waals surface area contributed by atoms with E-state index >= 15 is 0 Å². The number of carbonyl (C=O) groups is 1. The minimum atomic E-state index is -4.10. The molecule has 0 aliphatic carbocycles. The molecule has 0 N–H and O–H groups in total. The quantitative estimate of drug-likeness (QED) is 0.359. The van der Waals surface area contributed by atoms with Crippen LogP contribution < -0.4 is 0 Å². The zero-order valence-corrected chi connectivity index (χ0v) is 22.4. The molecule has 2 heterocycles. The van der Waals surface area contributed by atoms with Gasteiger partial charge in [0, 0.05) is 23.0 Å². The van der Waals surface area contributed by atoms with Crippen LogP contribution in [0.1, 0.15) is 35.9 Å². The molecule has 0 saturated heterocycles. The van der Waals surface area contributed by atoms with Crippen LogP contribution in [0.4, 0.5) is 4.39 Å². The molecule has 0 fully saturated rings. The van der Waals surface area contributed by atoms with E-state index in [1.54, 1.807) is 28.4 Å². The van der Waals surface area contributed by atoms with Crippen LogP contribution in [0.5, 0.6) is 0 Å². The molecule has 1 aliphatic rings. The average molecular weight is 556 g/mol. The summed E-state index contributed by atoms with van der Waals surface area (Å²) in [5.74, 6) is -0.729. The molecule has 35 heavy (non-hydrogen) atoms. The van der Waals surface area contributed by atoms with E-state index in [2.05, 4.69) is 0 Å². The van der Waals surface area contributed by atoms with Gasteiger partial charge in [-0.3, -0.25) is 4.79 Å². The Morgan fingerprint density at radius 3 is 2.57 bits per heavy atom. The monoisotopic (exact) mass is 554 g/mol. The Balaban J connectivity index is 1.69. The van der Waals surface area contributed by atoms with Crippen LogP contribution in [0, 0.1) is 11.7 Å². The third kappa shape index (κ3) is 5.57. The number of halogens is 3. The Morgan fingerprint density at radius 1 is 1.17 bits per heavy atom. The molecule has 0 saturated carbocycles. The molecule has 1 amide bonds. The normalized spacial score (nSPS) is 16.1. The Kier molecular flexibility index (Phi) is 7.88. The van der Waals surface area contributed by atoms with Gasteiger partial charge in [-0.25, -0.2) is 12.8 Å². The summed E-state index contributed by atoms with van der Waals surface area (Å²) in [6, 6.07) is 11.9. The van der Waals surface area contributed by atoms with Crippen molar-refractivity contribution in [1.82, 2.24) is 9.21 Å². The minimum absolute atomic E-state index is 0.0340. The maximum atomic E-state index is 13.7. The first kappa shape index (κ1) is 26.1. The van der Waals surface area contributed by atoms with Gasteiger partial charge in [0.15, 0.2) is 0 Å². The van der Waals surface area contributed by atoms with Crippen molar-refractivity contribution in [1.29, 1.82) is 0 Å². The molecule has 0 bridgehead atoms. The number of sulfonamides is 1. The van der Waals surface area contributed by atoms with E-state index in [-0.39, 0.29) is 45.7 Å². The highest BCUT2D eigenvalue weighted by molar-refractivity contribution is 7.89. The molecule has 1 aromatic heterocycles. The van der Waals surface area contributed by atoms with Crippen molar-refractivity contribution in [3.8, 4) is 0 Å². The van der Waals surface area contributed by atoms with E-state index in [1.165, 1.54) is 39.5 Å². The number of fused-ring (bicyclic) bond motifs is 1. The number of hydrogen-bond acceptors (Lipinski definition) is 4. The van der Waals surface area contributed by atoms with Crippen molar-refractivity contribution < 1.29 is 17.6 Å². The van der Waals surface area contributed by atoms with Crippen molar-refractivity contribution in [2.45, 2.75) is 31.2 Å². The van der Waals surface area contributed by atoms with Gasteiger partial charge in [-0.1, -0.05) is 49.2 Å². The van der Waals surface area contributed by atoms with E-state index in [0.717, 1.165) is 11.1 Å². The molecule has 5 nitrogen and oxygen atoms in total. The lowest BCUT2D eigenvalue weighted by molar-refractivity contribution is -0.133. The largest absolute Gasteiger partial charge is 0.330 e. The number of carbonyl (C=O) groups excluding carboxylic acids is 1. The van der Waals surface area contributed by atoms with Gasteiger partial charge in [0.25, 0.3) is 0 Å². The molecule has 1 unspecified atom stereocenters. The molecule has 0 spiro atoms. The Labute approximate surface area is 219 Å². The predicted octanol–water partition coefficient (Wildman–Crippen LogP) is 6.02. The molecule has 3 aromatic rings. The highest BCUT2D eigenvalue weighted by Crippen LogP contribution is 2.38. The van der Waals surface area contributed by atoms with Crippen molar-refractivity contribution in [2.75, 3.05) is 19.6 Å². The van der Waals surface area contributed by atoms with Gasteiger partial charge in [0.2, 0.25) is 15.9 Å². The van der Waals surface area contributed by atoms with Crippen molar-refractivity contribution in [3.63, 3.8) is 0 Å². The predicted molar refractivity (Wildman–Crippen MR) is 138 cm³/mol. The van der Waals surface area contributed by atoms with Crippen LogP contribution in [0.3, 0.4) is 0 Å². The van der Waals surface area contributed by atoms with Crippen LogP contribution in [0.25, 0.3) is 0 Å². The Hall–Kier alpha value is -1.97. The lowest BCUT2D eigenvalue weighted by Gasteiger charge is -2.37. The van der Waals surface area contributed by atoms with Crippen molar-refractivity contribution in [2.24, 2.45) is 5.92 Å². The molecule has 0 radical (unpaired) electrons. The maximum absolute atomic E-state index is 13.7. The smallest absolute Gasteiger partial charge is 0.245 e. The minimum Gasteiger partial charge on any atom is -0.330 e. The van der Waals surface area contributed by atoms with E-state index in [1.807, 2.05) is 25.3 Å². The second-order valence-electron chi connectivity index (χ2n) is 8.86. The zero-order valence-electron chi connectivity index (χ0n) is 19.2. The third-order valence-electron chi connectivity index (χ3n) is 5.86. The summed E-state index contributed by atoms with van der Waals surface area (Å²) in [4.78, 5) is 16.4. The topological polar surface area (TPSA) is 57.7 Å². The summed E-state index contributed by atoms with van der Waals surface area (Å²) in [7, 11) is -4.10. The molecule has 186 valence electrons. The first-order valence-corrected chi connectivity index (χ1v) is 14.2. The van der Waals surface area contributed by atoms with Gasteiger partial charge in [0.1, 0.15) is 10.7 Å². The summed E-state index contributed by atoms with van der Waals surface area (Å²) < 4.78 is 41.9. The van der Waals surface area contributed by atoms with Crippen LogP contribution in [0.15, 0.2) is 58.8 Å². The van der Waals surface area contributed by atoms with E-state index in [9.17, 15) is 17.6 Å². The van der Waals surface area contributed by atoms with Gasteiger partial charge >= 0.3 is 0 Å². The highest BCUT2D eigenvalue weighted by atomic mass is 35.5. The number of rotatable bonds is 7. The third-order valence-corrected chi connectivity index (χ3v) is 9.39. The SMILES string of the molecule is CC(C)CN(CC(=O)N1CCc2sccc2C1c1ccc(F)cc1)S(=O)(=O)c1cc(Cl)ccc1Cl. The van der Waals surface area contributed by atoms with E-state index in [4.69, 9.17) is 23.2 Å². The van der Waals surface area contributed by atoms with Gasteiger partial charge in [-0.2, -0.15) is 4.31 Å². The lowest BCUT2D eigenvalue weighted by atomic mass is 9.93. The van der Waals surface area contributed by atoms with Crippen LogP contribution >= 0.6 is 34.5 Å². The highest BCUT2D eigenvalue weighted by Gasteiger charge is 2.36. The second-order valence-corrected chi connectivity index (χ2v) is 12.6. The van der Waals surface area contributed by atoms with Crippen LogP contribution in [0.2, 0.25) is 10.0 Å². The second kappa shape index (κ2) is 10.6. The van der Waals surface area contributed by atoms with Gasteiger partial charge in [-0.05, 0) is 65.2 Å². The standard InChI is InChI=1S/C25H25Cl2FN2O3S2/c1-16(2)14-29(35(32,33)23-13-18(26)5-8-21(23)27)15-24(31)30-11-9-22-20(10-12-34-22)25(30)17-3-6-19(28)7-4-17/h3-8,10,12-13,16,25H,9,11,14-15H2,1-2H3. The van der Waals surface area contributed by atoms with Gasteiger partial charge < -0.3 is 4.90 Å². The van der Waals surface area contributed by atoms with Gasteiger partial charge in [0.05, 0.1) is 17.6 Å². The molecule has 1 atom stereocenters. The van der Waals surface area contributed by atoms with Gasteiger partial charge in [-0.15, -0.1) is 11.3 Å².